The van der Waals surface area contributed by atoms with Crippen molar-refractivity contribution in [3.05, 3.63) is 24.2 Å². The molecule has 1 saturated carbocycles. The lowest BCUT2D eigenvalue weighted by Gasteiger charge is -2.31. The molecule has 3 heterocycles. The van der Waals surface area contributed by atoms with E-state index in [4.69, 9.17) is 0 Å². The van der Waals surface area contributed by atoms with Gasteiger partial charge in [-0.25, -0.2) is 9.97 Å². The Bertz CT molecular complexity index is 673. The molecule has 128 valence electrons. The summed E-state index contributed by atoms with van der Waals surface area (Å²) in [5, 5.41) is 3.04. The number of imidazole rings is 1. The van der Waals surface area contributed by atoms with Crippen LogP contribution >= 0.6 is 0 Å². The number of nitrogens with zero attached hydrogens (tertiary/aromatic N) is 3. The lowest BCUT2D eigenvalue weighted by molar-refractivity contribution is 0.0937. The van der Waals surface area contributed by atoms with Gasteiger partial charge in [0.1, 0.15) is 0 Å². The van der Waals surface area contributed by atoms with E-state index in [1.807, 2.05) is 12.1 Å². The molecule has 2 fully saturated rings. The third kappa shape index (κ3) is 3.29. The predicted molar refractivity (Wildman–Crippen MR) is 92.8 cm³/mol. The van der Waals surface area contributed by atoms with Crippen molar-refractivity contribution in [1.82, 2.24) is 25.2 Å². The van der Waals surface area contributed by atoms with E-state index < -0.39 is 0 Å². The van der Waals surface area contributed by atoms with E-state index >= 15 is 0 Å². The Balaban J connectivity index is 1.29. The van der Waals surface area contributed by atoms with Crippen LogP contribution < -0.4 is 5.32 Å². The van der Waals surface area contributed by atoms with E-state index in [0.717, 1.165) is 24.6 Å². The highest BCUT2D eigenvalue weighted by molar-refractivity contribution is 5.93. The molecule has 0 aromatic carbocycles. The summed E-state index contributed by atoms with van der Waals surface area (Å²) >= 11 is 0. The number of rotatable bonds is 4. The van der Waals surface area contributed by atoms with Gasteiger partial charge in [-0.3, -0.25) is 4.79 Å². The zero-order valence-corrected chi connectivity index (χ0v) is 14.0. The Morgan fingerprint density at radius 2 is 2.17 bits per heavy atom. The quantitative estimate of drug-likeness (QED) is 0.904. The van der Waals surface area contributed by atoms with E-state index in [2.05, 4.69) is 25.2 Å². The Labute approximate surface area is 142 Å². The molecule has 0 unspecified atom stereocenters. The SMILES string of the molecule is O=C(NC[C@@H]1CCN(C2CCCCC2)C1)c1nc2ncccc2[nH]1. The van der Waals surface area contributed by atoms with Crippen LogP contribution in [-0.2, 0) is 0 Å². The van der Waals surface area contributed by atoms with Crippen molar-refractivity contribution < 1.29 is 4.79 Å². The van der Waals surface area contributed by atoms with Crippen molar-refractivity contribution in [2.24, 2.45) is 5.92 Å². The first kappa shape index (κ1) is 15.6. The third-order valence-electron chi connectivity index (χ3n) is 5.43. The Morgan fingerprint density at radius 1 is 1.29 bits per heavy atom. The maximum Gasteiger partial charge on any atom is 0.287 e. The zero-order chi connectivity index (χ0) is 16.4. The van der Waals surface area contributed by atoms with Crippen molar-refractivity contribution in [2.45, 2.75) is 44.6 Å². The van der Waals surface area contributed by atoms with Crippen LogP contribution in [0.4, 0.5) is 0 Å². The first-order chi connectivity index (χ1) is 11.8. The number of carbonyl (C=O) groups excluding carboxylic acids is 1. The summed E-state index contributed by atoms with van der Waals surface area (Å²) in [6.07, 6.45) is 9.72. The van der Waals surface area contributed by atoms with Crippen LogP contribution in [-0.4, -0.2) is 51.4 Å². The molecular weight excluding hydrogens is 302 g/mol. The summed E-state index contributed by atoms with van der Waals surface area (Å²) in [6, 6.07) is 4.49. The number of amides is 1. The van der Waals surface area contributed by atoms with Gasteiger partial charge < -0.3 is 15.2 Å². The number of H-pyrrole nitrogens is 1. The standard InChI is InChI=1S/C18H25N5O/c24-18(17-21-15-7-4-9-19-16(15)22-17)20-11-13-8-10-23(12-13)14-5-2-1-3-6-14/h4,7,9,13-14H,1-3,5-6,8,10-12H2,(H,20,24)(H,19,21,22)/t13-/m0/s1. The maximum atomic E-state index is 12.3. The number of hydrogen-bond donors (Lipinski definition) is 2. The minimum atomic E-state index is -0.135. The summed E-state index contributed by atoms with van der Waals surface area (Å²) in [5.74, 6) is 0.772. The van der Waals surface area contributed by atoms with Crippen LogP contribution in [0.15, 0.2) is 18.3 Å². The van der Waals surface area contributed by atoms with Gasteiger partial charge in [-0.15, -0.1) is 0 Å². The molecule has 2 aliphatic rings. The van der Waals surface area contributed by atoms with Crippen molar-refractivity contribution in [3.63, 3.8) is 0 Å². The number of nitrogens with one attached hydrogen (secondary N) is 2. The van der Waals surface area contributed by atoms with E-state index in [0.29, 0.717) is 17.4 Å². The molecule has 1 saturated heterocycles. The number of fused-ring (bicyclic) bond motifs is 1. The number of aromatic nitrogens is 3. The maximum absolute atomic E-state index is 12.3. The number of likely N-dealkylation sites (tertiary alicyclic amines) is 1. The molecule has 0 radical (unpaired) electrons. The van der Waals surface area contributed by atoms with Gasteiger partial charge in [0.2, 0.25) is 0 Å². The van der Waals surface area contributed by atoms with Gasteiger partial charge in [0, 0.05) is 25.3 Å². The van der Waals surface area contributed by atoms with Crippen LogP contribution in [0.1, 0.15) is 49.1 Å². The van der Waals surface area contributed by atoms with Crippen LogP contribution in [0.2, 0.25) is 0 Å². The highest BCUT2D eigenvalue weighted by Gasteiger charge is 2.29. The molecule has 24 heavy (non-hydrogen) atoms. The highest BCUT2D eigenvalue weighted by atomic mass is 16.2. The lowest BCUT2D eigenvalue weighted by atomic mass is 9.94. The molecule has 0 spiro atoms. The second-order valence-corrected chi connectivity index (χ2v) is 7.11. The lowest BCUT2D eigenvalue weighted by Crippen LogP contribution is -2.36. The average Bonchev–Trinajstić information content (AvgIpc) is 3.27. The minimum Gasteiger partial charge on any atom is -0.349 e. The molecular formula is C18H25N5O. The van der Waals surface area contributed by atoms with Crippen LogP contribution in [0, 0.1) is 5.92 Å². The smallest absolute Gasteiger partial charge is 0.287 e. The average molecular weight is 327 g/mol. The van der Waals surface area contributed by atoms with E-state index in [9.17, 15) is 4.79 Å². The Kier molecular flexibility index (Phi) is 4.47. The molecule has 1 aliphatic carbocycles. The Morgan fingerprint density at radius 3 is 3.00 bits per heavy atom. The number of carbonyl (C=O) groups is 1. The summed E-state index contributed by atoms with van der Waals surface area (Å²) in [4.78, 5) is 26.4. The minimum absolute atomic E-state index is 0.135. The molecule has 2 N–H and O–H groups in total. The topological polar surface area (TPSA) is 73.9 Å². The van der Waals surface area contributed by atoms with Crippen LogP contribution in [0.25, 0.3) is 11.2 Å². The second kappa shape index (κ2) is 6.89. The number of pyridine rings is 1. The zero-order valence-electron chi connectivity index (χ0n) is 14.0. The molecule has 2 aromatic rings. The molecule has 4 rings (SSSR count). The summed E-state index contributed by atoms with van der Waals surface area (Å²) in [6.45, 7) is 3.03. The second-order valence-electron chi connectivity index (χ2n) is 7.11. The number of aromatic amines is 1. The first-order valence-corrected chi connectivity index (χ1v) is 9.12. The fourth-order valence-corrected chi connectivity index (χ4v) is 4.08. The summed E-state index contributed by atoms with van der Waals surface area (Å²) in [7, 11) is 0. The van der Waals surface area contributed by atoms with E-state index in [1.54, 1.807) is 6.20 Å². The molecule has 1 aliphatic heterocycles. The van der Waals surface area contributed by atoms with Gasteiger partial charge in [0.15, 0.2) is 11.5 Å². The third-order valence-corrected chi connectivity index (χ3v) is 5.43. The summed E-state index contributed by atoms with van der Waals surface area (Å²) < 4.78 is 0. The normalized spacial score (nSPS) is 22.9. The molecule has 6 nitrogen and oxygen atoms in total. The van der Waals surface area contributed by atoms with Crippen LogP contribution in [0.5, 0.6) is 0 Å². The molecule has 2 aromatic heterocycles. The molecule has 6 heteroatoms. The van der Waals surface area contributed by atoms with Crippen LogP contribution in [0.3, 0.4) is 0 Å². The first-order valence-electron chi connectivity index (χ1n) is 9.12. The molecule has 1 amide bonds. The monoisotopic (exact) mass is 327 g/mol. The van der Waals surface area contributed by atoms with Crippen molar-refractivity contribution in [1.29, 1.82) is 0 Å². The highest BCUT2D eigenvalue weighted by Crippen LogP contribution is 2.27. The van der Waals surface area contributed by atoms with Crippen molar-refractivity contribution >= 4 is 17.1 Å². The predicted octanol–water partition coefficient (Wildman–Crippen LogP) is 2.34. The fourth-order valence-electron chi connectivity index (χ4n) is 4.08. The largest absolute Gasteiger partial charge is 0.349 e. The van der Waals surface area contributed by atoms with E-state index in [-0.39, 0.29) is 5.91 Å². The van der Waals surface area contributed by atoms with Gasteiger partial charge >= 0.3 is 0 Å². The van der Waals surface area contributed by atoms with Gasteiger partial charge in [-0.1, -0.05) is 19.3 Å². The summed E-state index contributed by atoms with van der Waals surface area (Å²) in [5.41, 5.74) is 1.39. The van der Waals surface area contributed by atoms with Gasteiger partial charge in [-0.2, -0.15) is 0 Å². The van der Waals surface area contributed by atoms with Gasteiger partial charge in [0.25, 0.3) is 5.91 Å². The van der Waals surface area contributed by atoms with Gasteiger partial charge in [-0.05, 0) is 43.9 Å². The van der Waals surface area contributed by atoms with Crippen molar-refractivity contribution in [3.8, 4) is 0 Å². The van der Waals surface area contributed by atoms with E-state index in [1.165, 1.54) is 45.1 Å². The van der Waals surface area contributed by atoms with Crippen molar-refractivity contribution in [2.75, 3.05) is 19.6 Å². The fraction of sp³-hybridized carbons (Fsp3) is 0.611. The Hall–Kier alpha value is -1.95. The van der Waals surface area contributed by atoms with Gasteiger partial charge in [0.05, 0.1) is 5.52 Å². The molecule has 1 atom stereocenters. The molecule has 0 bridgehead atoms. The number of hydrogen-bond acceptors (Lipinski definition) is 4.